The molecule has 2 heterocycles. The van der Waals surface area contributed by atoms with Crippen molar-refractivity contribution in [2.45, 2.75) is 159 Å². The number of ketones is 2. The molecule has 2 fully saturated rings. The largest absolute Gasteiger partial charge is 0.465 e. The first-order chi connectivity index (χ1) is 45.3. The minimum atomic E-state index is -3.97. The molecule has 524 valence electrons. The van der Waals surface area contributed by atoms with Crippen molar-refractivity contribution in [3.8, 4) is 22.3 Å². The van der Waals surface area contributed by atoms with Gasteiger partial charge in [0, 0.05) is 37.4 Å². The number of Topliss-reactive ketones (excluding diaryl/α,β-unsaturated/α-hetero) is 2. The van der Waals surface area contributed by atoms with E-state index in [9.17, 15) is 54.4 Å². The zero-order chi connectivity index (χ0) is 70.1. The topological polar surface area (TPSA) is 214 Å². The summed E-state index contributed by atoms with van der Waals surface area (Å²) in [5.74, 6) is -5.28. The average molecular weight is 1410 g/mol. The van der Waals surface area contributed by atoms with Crippen LogP contribution in [0.2, 0.25) is 0 Å². The Morgan fingerprint density at radius 1 is 0.464 bits per heavy atom. The summed E-state index contributed by atoms with van der Waals surface area (Å²) in [6.07, 6.45) is 0.172. The summed E-state index contributed by atoms with van der Waals surface area (Å²) in [4.78, 5) is 78.8. The number of rotatable bonds is 28. The van der Waals surface area contributed by atoms with Crippen molar-refractivity contribution >= 4 is 79.0 Å². The second-order valence-corrected chi connectivity index (χ2v) is 32.6. The Bertz CT molecular complexity index is 3560. The number of halogens is 2. The van der Waals surface area contributed by atoms with Crippen LogP contribution in [0.3, 0.4) is 0 Å². The number of carbonyl (C=O) groups is 6. The van der Waals surface area contributed by atoms with E-state index >= 15 is 0 Å². The van der Waals surface area contributed by atoms with Gasteiger partial charge in [-0.3, -0.25) is 28.8 Å². The van der Waals surface area contributed by atoms with Gasteiger partial charge < -0.3 is 18.9 Å². The lowest BCUT2D eigenvalue weighted by molar-refractivity contribution is -0.163. The van der Waals surface area contributed by atoms with Crippen molar-refractivity contribution in [1.82, 2.24) is 8.61 Å². The molecule has 2 aliphatic rings. The third-order valence-corrected chi connectivity index (χ3v) is 22.7. The summed E-state index contributed by atoms with van der Waals surface area (Å²) >= 11 is 2.55. The maximum absolute atomic E-state index is 13.8. The maximum atomic E-state index is 13.8. The number of benzene rings is 6. The second kappa shape index (κ2) is 35.6. The lowest BCUT2D eigenvalue weighted by Crippen LogP contribution is -2.39. The number of thioether (sulfide) groups is 2. The molecule has 0 aromatic heterocycles. The quantitative estimate of drug-likeness (QED) is 0.0330. The van der Waals surface area contributed by atoms with Crippen LogP contribution < -0.4 is 0 Å². The molecule has 6 atom stereocenters. The molecule has 16 nitrogen and oxygen atoms in total. The Morgan fingerprint density at radius 2 is 0.773 bits per heavy atom. The van der Waals surface area contributed by atoms with Crippen LogP contribution in [0.25, 0.3) is 22.3 Å². The third kappa shape index (κ3) is 23.0. The lowest BCUT2D eigenvalue weighted by atomic mass is 9.90. The Balaban J connectivity index is 0.000000303. The molecule has 0 radical (unpaired) electrons. The molecule has 6 aromatic carbocycles. The number of nitrogens with zero attached hydrogens (tertiary/aromatic N) is 2. The van der Waals surface area contributed by atoms with Crippen LogP contribution >= 0.6 is 23.5 Å². The molecule has 8 rings (SSSR count). The molecule has 0 spiro atoms. The van der Waals surface area contributed by atoms with Gasteiger partial charge in [-0.05, 0) is 160 Å². The molecular formula is C75H92F2N2O14S4. The van der Waals surface area contributed by atoms with Gasteiger partial charge in [-0.2, -0.15) is 8.61 Å². The number of hydrogen-bond acceptors (Lipinski definition) is 16. The summed E-state index contributed by atoms with van der Waals surface area (Å²) in [5, 5.41) is -1.85. The third-order valence-electron chi connectivity index (χ3n) is 16.2. The fraction of sp³-hybridized carbons (Fsp3) is 0.440. The van der Waals surface area contributed by atoms with Crippen LogP contribution in [-0.2, 0) is 67.8 Å². The standard InChI is InChI=1S/2C37H44FNO7S2.CH4/c2*1-25(2)32(24-34(41)46-37(3,4)5)36(42)45-21-19-29(28-11-15-30(38)16-12-28)23-33(40)35-39(20-22-47-35)48(43,44)31-17-13-27(14-18-31)26-9-7-6-8-10-26;/h2*6-18,25,29,32,35H,19-24H2,1-5H3;1H4/t2*29-,32+,35+;/m11./s1. The summed E-state index contributed by atoms with van der Waals surface area (Å²) in [5.41, 5.74) is 3.66. The Morgan fingerprint density at radius 3 is 1.07 bits per heavy atom. The van der Waals surface area contributed by atoms with Crippen molar-refractivity contribution in [1.29, 1.82) is 0 Å². The number of ether oxygens (including phenoxy) is 4. The van der Waals surface area contributed by atoms with Gasteiger partial charge >= 0.3 is 23.9 Å². The van der Waals surface area contributed by atoms with E-state index in [1.165, 1.54) is 56.4 Å². The number of carbonyl (C=O) groups excluding carboxylic acids is 6. The molecule has 0 saturated carbocycles. The van der Waals surface area contributed by atoms with Crippen LogP contribution in [0, 0.1) is 35.3 Å². The molecule has 0 amide bonds. The highest BCUT2D eigenvalue weighted by molar-refractivity contribution is 8.02. The predicted molar refractivity (Wildman–Crippen MR) is 377 cm³/mol. The first kappa shape index (κ1) is 78.9. The molecule has 0 bridgehead atoms. The fourth-order valence-corrected chi connectivity index (χ4v) is 17.5. The molecule has 2 saturated heterocycles. The molecular weight excluding hydrogens is 1320 g/mol. The zero-order valence-electron chi connectivity index (χ0n) is 56.1. The van der Waals surface area contributed by atoms with Gasteiger partial charge in [-0.1, -0.05) is 144 Å². The average Bonchev–Trinajstić information content (AvgIpc) is 1.75. The van der Waals surface area contributed by atoms with E-state index in [2.05, 4.69) is 0 Å². The Kier molecular flexibility index (Phi) is 29.0. The zero-order valence-corrected chi connectivity index (χ0v) is 59.4. The van der Waals surface area contributed by atoms with Gasteiger partial charge in [0.2, 0.25) is 20.0 Å². The second-order valence-electron chi connectivity index (χ2n) is 26.5. The van der Waals surface area contributed by atoms with Crippen LogP contribution in [0.1, 0.15) is 138 Å². The van der Waals surface area contributed by atoms with Gasteiger partial charge in [-0.15, -0.1) is 23.5 Å². The van der Waals surface area contributed by atoms with E-state index in [1.54, 1.807) is 114 Å². The maximum Gasteiger partial charge on any atom is 0.309 e. The van der Waals surface area contributed by atoms with E-state index in [4.69, 9.17) is 18.9 Å². The highest BCUT2D eigenvalue weighted by Crippen LogP contribution is 2.38. The molecule has 6 aromatic rings. The lowest BCUT2D eigenvalue weighted by Gasteiger charge is -2.25. The molecule has 0 N–H and O–H groups in total. The monoisotopic (exact) mass is 1410 g/mol. The van der Waals surface area contributed by atoms with Gasteiger partial charge in [-0.25, -0.2) is 25.6 Å². The smallest absolute Gasteiger partial charge is 0.309 e. The van der Waals surface area contributed by atoms with Crippen molar-refractivity contribution in [3.63, 3.8) is 0 Å². The predicted octanol–water partition coefficient (Wildman–Crippen LogP) is 15.1. The first-order valence-corrected chi connectivity index (χ1v) is 37.2. The Hall–Kier alpha value is -7.08. The van der Waals surface area contributed by atoms with Gasteiger partial charge in [0.25, 0.3) is 0 Å². The normalized spacial score (nSPS) is 16.6. The molecule has 0 unspecified atom stereocenters. The van der Waals surface area contributed by atoms with Crippen molar-refractivity contribution in [3.05, 3.63) is 180 Å². The number of sulfonamides is 2. The van der Waals surface area contributed by atoms with Crippen LogP contribution in [-0.4, -0.2) is 121 Å². The van der Waals surface area contributed by atoms with Crippen LogP contribution in [0.4, 0.5) is 8.78 Å². The van der Waals surface area contributed by atoms with Gasteiger partial charge in [0.1, 0.15) is 33.6 Å². The Labute approximate surface area is 580 Å². The first-order valence-electron chi connectivity index (χ1n) is 32.2. The molecule has 2 aliphatic heterocycles. The van der Waals surface area contributed by atoms with Crippen molar-refractivity contribution < 1.29 is 73.3 Å². The molecule has 0 aliphatic carbocycles. The van der Waals surface area contributed by atoms with Gasteiger partial charge in [0.15, 0.2) is 11.6 Å². The summed E-state index contributed by atoms with van der Waals surface area (Å²) in [7, 11) is -7.94. The summed E-state index contributed by atoms with van der Waals surface area (Å²) in [6.45, 7) is 18.1. The van der Waals surface area contributed by atoms with Crippen LogP contribution in [0.15, 0.2) is 168 Å². The van der Waals surface area contributed by atoms with Crippen molar-refractivity contribution in [2.75, 3.05) is 37.8 Å². The van der Waals surface area contributed by atoms with E-state index in [1.807, 2.05) is 88.4 Å². The van der Waals surface area contributed by atoms with E-state index in [0.717, 1.165) is 22.3 Å². The molecule has 22 heteroatoms. The van der Waals surface area contributed by atoms with E-state index in [-0.39, 0.29) is 105 Å². The van der Waals surface area contributed by atoms with Gasteiger partial charge in [0.05, 0.1) is 47.7 Å². The minimum absolute atomic E-state index is 0. The minimum Gasteiger partial charge on any atom is -0.465 e. The van der Waals surface area contributed by atoms with Crippen LogP contribution in [0.5, 0.6) is 0 Å². The van der Waals surface area contributed by atoms with E-state index < -0.39 is 101 Å². The summed E-state index contributed by atoms with van der Waals surface area (Å²) in [6, 6.07) is 44.0. The highest BCUT2D eigenvalue weighted by atomic mass is 32.2. The number of esters is 4. The van der Waals surface area contributed by atoms with Crippen molar-refractivity contribution in [2.24, 2.45) is 23.7 Å². The SMILES string of the molecule is C.CC(C)[C@H](CC(=O)OC(C)(C)C)C(=O)OCC[C@H](CC(=O)[C@@H]1SCCN1S(=O)(=O)c1ccc(-c2ccccc2)cc1)c1ccc(F)cc1.CC(C)[C@H](CC(=O)OC(C)(C)C)C(=O)OCC[C@H](CC(=O)[C@@H]1SCCN1S(=O)(=O)c1ccc(-c2ccccc2)cc1)c1ccc(F)cc1. The highest BCUT2D eigenvalue weighted by Gasteiger charge is 2.43. The van der Waals surface area contributed by atoms with E-state index in [0.29, 0.717) is 22.6 Å². The summed E-state index contributed by atoms with van der Waals surface area (Å²) < 4.78 is 107. The molecule has 97 heavy (non-hydrogen) atoms. The number of hydrogen-bond donors (Lipinski definition) is 0. The fourth-order valence-electron chi connectivity index (χ4n) is 11.1.